The van der Waals surface area contributed by atoms with E-state index in [0.717, 1.165) is 30.7 Å². The van der Waals surface area contributed by atoms with Crippen LogP contribution in [0.2, 0.25) is 0 Å². The number of ether oxygens (including phenoxy) is 1. The highest BCUT2D eigenvalue weighted by atomic mass is 16.5. The van der Waals surface area contributed by atoms with Crippen molar-refractivity contribution in [3.05, 3.63) is 24.3 Å². The van der Waals surface area contributed by atoms with Gasteiger partial charge in [0, 0.05) is 12.1 Å². The van der Waals surface area contributed by atoms with Crippen molar-refractivity contribution in [2.24, 2.45) is 0 Å². The van der Waals surface area contributed by atoms with Gasteiger partial charge in [-0.2, -0.15) is 0 Å². The lowest BCUT2D eigenvalue weighted by Crippen LogP contribution is -2.08. The predicted octanol–water partition coefficient (Wildman–Crippen LogP) is 2.15. The number of nitrogens with zero attached hydrogens (tertiary/aromatic N) is 4. The Morgan fingerprint density at radius 1 is 1.05 bits per heavy atom. The van der Waals surface area contributed by atoms with E-state index in [2.05, 4.69) is 32.6 Å². The van der Waals surface area contributed by atoms with Gasteiger partial charge in [-0.1, -0.05) is 13.3 Å². The molecule has 0 aliphatic carbocycles. The Balaban J connectivity index is 2.04. The van der Waals surface area contributed by atoms with Crippen molar-refractivity contribution in [1.82, 2.24) is 20.4 Å². The van der Waals surface area contributed by atoms with Crippen molar-refractivity contribution in [3.63, 3.8) is 0 Å². The molecule has 0 radical (unpaired) electrons. The number of hydrogen-bond donors (Lipinski definition) is 1. The molecular formula is C13H17N5O. The molecule has 2 aromatic rings. The van der Waals surface area contributed by atoms with Crippen LogP contribution in [-0.2, 0) is 0 Å². The second-order valence-electron chi connectivity index (χ2n) is 4.06. The zero-order valence-corrected chi connectivity index (χ0v) is 11.1. The number of benzene rings is 1. The standard InChI is InChI=1S/C13H17N5O/c1-3-4-9-14-13-17-15-12(16-18-13)10-5-7-11(19-2)8-6-10/h5-8H,3-4,9H2,1-2H3,(H,14,17,18). The molecule has 6 nitrogen and oxygen atoms in total. The molecule has 1 aromatic carbocycles. The van der Waals surface area contributed by atoms with Gasteiger partial charge in [-0.15, -0.1) is 20.4 Å². The average Bonchev–Trinajstić information content (AvgIpc) is 2.48. The van der Waals surface area contributed by atoms with Crippen molar-refractivity contribution in [2.45, 2.75) is 19.8 Å². The van der Waals surface area contributed by atoms with Crippen molar-refractivity contribution >= 4 is 5.95 Å². The van der Waals surface area contributed by atoms with Gasteiger partial charge in [0.05, 0.1) is 7.11 Å². The van der Waals surface area contributed by atoms with Gasteiger partial charge >= 0.3 is 0 Å². The molecule has 0 fully saturated rings. The number of rotatable bonds is 6. The number of anilines is 1. The summed E-state index contributed by atoms with van der Waals surface area (Å²) in [6.07, 6.45) is 2.20. The summed E-state index contributed by atoms with van der Waals surface area (Å²) < 4.78 is 5.10. The van der Waals surface area contributed by atoms with E-state index in [9.17, 15) is 0 Å². The molecule has 19 heavy (non-hydrogen) atoms. The predicted molar refractivity (Wildman–Crippen MR) is 73.0 cm³/mol. The molecular weight excluding hydrogens is 242 g/mol. The van der Waals surface area contributed by atoms with Crippen LogP contribution in [0.4, 0.5) is 5.95 Å². The fourth-order valence-corrected chi connectivity index (χ4v) is 1.53. The van der Waals surface area contributed by atoms with Crippen LogP contribution < -0.4 is 10.1 Å². The van der Waals surface area contributed by atoms with E-state index in [1.165, 1.54) is 0 Å². The minimum Gasteiger partial charge on any atom is -0.497 e. The molecule has 0 aliphatic rings. The largest absolute Gasteiger partial charge is 0.497 e. The number of methoxy groups -OCH3 is 1. The van der Waals surface area contributed by atoms with Gasteiger partial charge in [0.1, 0.15) is 5.75 Å². The van der Waals surface area contributed by atoms with E-state index >= 15 is 0 Å². The van der Waals surface area contributed by atoms with Crippen LogP contribution in [0.15, 0.2) is 24.3 Å². The molecule has 0 aliphatic heterocycles. The molecule has 6 heteroatoms. The Bertz CT molecular complexity index is 497. The van der Waals surface area contributed by atoms with Gasteiger partial charge in [0.25, 0.3) is 5.95 Å². The number of aromatic nitrogens is 4. The Labute approximate surface area is 112 Å². The summed E-state index contributed by atoms with van der Waals surface area (Å²) in [7, 11) is 1.63. The fraction of sp³-hybridized carbons (Fsp3) is 0.385. The fourth-order valence-electron chi connectivity index (χ4n) is 1.53. The Kier molecular flexibility index (Phi) is 4.60. The lowest BCUT2D eigenvalue weighted by Gasteiger charge is -2.03. The summed E-state index contributed by atoms with van der Waals surface area (Å²) in [5.41, 5.74) is 0.862. The van der Waals surface area contributed by atoms with E-state index in [1.54, 1.807) is 7.11 Å². The van der Waals surface area contributed by atoms with E-state index in [4.69, 9.17) is 4.74 Å². The Morgan fingerprint density at radius 2 is 1.74 bits per heavy atom. The lowest BCUT2D eigenvalue weighted by atomic mass is 10.2. The van der Waals surface area contributed by atoms with Crippen molar-refractivity contribution in [2.75, 3.05) is 19.0 Å². The molecule has 0 spiro atoms. The first-order valence-electron chi connectivity index (χ1n) is 6.29. The Morgan fingerprint density at radius 3 is 2.32 bits per heavy atom. The van der Waals surface area contributed by atoms with Crippen LogP contribution in [0.1, 0.15) is 19.8 Å². The van der Waals surface area contributed by atoms with E-state index in [0.29, 0.717) is 11.8 Å². The molecule has 1 aromatic heterocycles. The third kappa shape index (κ3) is 3.61. The quantitative estimate of drug-likeness (QED) is 0.801. The van der Waals surface area contributed by atoms with E-state index < -0.39 is 0 Å². The van der Waals surface area contributed by atoms with Gasteiger partial charge in [0.15, 0.2) is 0 Å². The van der Waals surface area contributed by atoms with Crippen LogP contribution in [-0.4, -0.2) is 34.0 Å². The zero-order valence-electron chi connectivity index (χ0n) is 11.1. The second kappa shape index (κ2) is 6.63. The first-order chi connectivity index (χ1) is 9.33. The van der Waals surface area contributed by atoms with Gasteiger partial charge in [-0.3, -0.25) is 0 Å². The molecule has 0 saturated heterocycles. The maximum absolute atomic E-state index is 5.10. The van der Waals surface area contributed by atoms with Crippen LogP contribution in [0.3, 0.4) is 0 Å². The normalized spacial score (nSPS) is 10.2. The molecule has 0 amide bonds. The summed E-state index contributed by atoms with van der Waals surface area (Å²) in [6, 6.07) is 7.46. The molecule has 100 valence electrons. The summed E-state index contributed by atoms with van der Waals surface area (Å²) in [4.78, 5) is 0. The van der Waals surface area contributed by atoms with Crippen LogP contribution in [0.5, 0.6) is 5.75 Å². The average molecular weight is 259 g/mol. The third-order valence-corrected chi connectivity index (χ3v) is 2.64. The summed E-state index contributed by atoms with van der Waals surface area (Å²) >= 11 is 0. The first kappa shape index (κ1) is 13.2. The maximum Gasteiger partial charge on any atom is 0.262 e. The van der Waals surface area contributed by atoms with E-state index in [1.807, 2.05) is 24.3 Å². The second-order valence-corrected chi connectivity index (χ2v) is 4.06. The summed E-state index contributed by atoms with van der Waals surface area (Å²) in [5, 5.41) is 19.2. The first-order valence-corrected chi connectivity index (χ1v) is 6.29. The van der Waals surface area contributed by atoms with Gasteiger partial charge in [-0.25, -0.2) is 0 Å². The van der Waals surface area contributed by atoms with Gasteiger partial charge in [0.2, 0.25) is 5.82 Å². The lowest BCUT2D eigenvalue weighted by molar-refractivity contribution is 0.415. The maximum atomic E-state index is 5.10. The molecule has 1 heterocycles. The minimum atomic E-state index is 0.464. The summed E-state index contributed by atoms with van der Waals surface area (Å²) in [5.74, 6) is 1.76. The highest BCUT2D eigenvalue weighted by molar-refractivity contribution is 5.55. The molecule has 0 saturated carbocycles. The van der Waals surface area contributed by atoms with Crippen molar-refractivity contribution in [1.29, 1.82) is 0 Å². The van der Waals surface area contributed by atoms with E-state index in [-0.39, 0.29) is 0 Å². The Hall–Kier alpha value is -2.24. The van der Waals surface area contributed by atoms with Crippen LogP contribution in [0, 0.1) is 0 Å². The number of nitrogens with one attached hydrogen (secondary N) is 1. The van der Waals surface area contributed by atoms with Gasteiger partial charge in [-0.05, 0) is 30.7 Å². The molecule has 1 N–H and O–H groups in total. The van der Waals surface area contributed by atoms with Crippen molar-refractivity contribution in [3.8, 4) is 17.1 Å². The zero-order chi connectivity index (χ0) is 13.5. The van der Waals surface area contributed by atoms with Crippen LogP contribution in [0.25, 0.3) is 11.4 Å². The third-order valence-electron chi connectivity index (χ3n) is 2.64. The molecule has 0 unspecified atom stereocenters. The summed E-state index contributed by atoms with van der Waals surface area (Å²) in [6.45, 7) is 2.97. The topological polar surface area (TPSA) is 72.8 Å². The van der Waals surface area contributed by atoms with Gasteiger partial charge < -0.3 is 10.1 Å². The number of hydrogen-bond acceptors (Lipinski definition) is 6. The highest BCUT2D eigenvalue weighted by Gasteiger charge is 2.04. The SMILES string of the molecule is CCCCNc1nnc(-c2ccc(OC)cc2)nn1. The molecule has 0 atom stereocenters. The highest BCUT2D eigenvalue weighted by Crippen LogP contribution is 2.17. The smallest absolute Gasteiger partial charge is 0.262 e. The molecule has 2 rings (SSSR count). The monoisotopic (exact) mass is 259 g/mol. The van der Waals surface area contributed by atoms with Crippen molar-refractivity contribution < 1.29 is 4.74 Å². The molecule has 0 bridgehead atoms. The minimum absolute atomic E-state index is 0.464. The number of unbranched alkanes of at least 4 members (excludes halogenated alkanes) is 1. The van der Waals surface area contributed by atoms with Crippen LogP contribution >= 0.6 is 0 Å².